The van der Waals surface area contributed by atoms with Gasteiger partial charge < -0.3 is 5.32 Å². The van der Waals surface area contributed by atoms with Gasteiger partial charge in [-0.3, -0.25) is 0 Å². The van der Waals surface area contributed by atoms with E-state index in [0.717, 1.165) is 17.9 Å². The Bertz CT molecular complexity index is 555. The molecule has 0 fully saturated rings. The molecule has 0 saturated carbocycles. The van der Waals surface area contributed by atoms with Crippen LogP contribution in [-0.4, -0.2) is 16.5 Å². The molecule has 1 N–H and O–H groups in total. The van der Waals surface area contributed by atoms with Gasteiger partial charge in [-0.1, -0.05) is 62.7 Å². The third-order valence-electron chi connectivity index (χ3n) is 3.36. The third-order valence-corrected chi connectivity index (χ3v) is 3.66. The van der Waals surface area contributed by atoms with Crippen molar-refractivity contribution in [2.45, 2.75) is 32.6 Å². The molecule has 20 heavy (non-hydrogen) atoms. The van der Waals surface area contributed by atoms with Gasteiger partial charge in [-0.05, 0) is 17.4 Å². The smallest absolute Gasteiger partial charge is 0.138 e. The lowest BCUT2D eigenvalue weighted by atomic mass is 10.0. The average Bonchev–Trinajstić information content (AvgIpc) is 2.45. The maximum Gasteiger partial charge on any atom is 0.138 e. The van der Waals surface area contributed by atoms with Gasteiger partial charge in [-0.15, -0.1) is 0 Å². The first-order valence-electron chi connectivity index (χ1n) is 6.88. The van der Waals surface area contributed by atoms with Crippen molar-refractivity contribution in [2.75, 3.05) is 11.9 Å². The van der Waals surface area contributed by atoms with E-state index in [1.165, 1.54) is 11.9 Å². The molecule has 0 aliphatic rings. The summed E-state index contributed by atoms with van der Waals surface area (Å²) in [6.07, 6.45) is 1.50. The first-order valence-corrected chi connectivity index (χ1v) is 7.26. The molecule has 2 aromatic rings. The number of halogens is 1. The van der Waals surface area contributed by atoms with Crippen molar-refractivity contribution in [3.8, 4) is 0 Å². The molecule has 0 spiro atoms. The number of hydrogen-bond acceptors (Lipinski definition) is 3. The van der Waals surface area contributed by atoms with Crippen molar-refractivity contribution in [3.63, 3.8) is 0 Å². The van der Waals surface area contributed by atoms with Gasteiger partial charge in [0.1, 0.15) is 17.3 Å². The summed E-state index contributed by atoms with van der Waals surface area (Å²) in [4.78, 5) is 8.38. The van der Waals surface area contributed by atoms with Crippen LogP contribution >= 0.6 is 11.6 Å². The molecule has 1 atom stereocenters. The van der Waals surface area contributed by atoms with Gasteiger partial charge in [0.2, 0.25) is 0 Å². The molecule has 1 unspecified atom stereocenters. The van der Waals surface area contributed by atoms with Gasteiger partial charge in [-0.25, -0.2) is 9.97 Å². The van der Waals surface area contributed by atoms with E-state index in [4.69, 9.17) is 11.6 Å². The Morgan fingerprint density at radius 1 is 1.10 bits per heavy atom. The second-order valence-electron chi connectivity index (χ2n) is 5.27. The molecule has 0 bridgehead atoms. The first kappa shape index (κ1) is 14.8. The fourth-order valence-corrected chi connectivity index (χ4v) is 2.53. The minimum absolute atomic E-state index is 0.290. The molecule has 0 radical (unpaired) electrons. The van der Waals surface area contributed by atoms with E-state index in [2.05, 4.69) is 60.3 Å². The standard InChI is InChI=1S/C16H20ClN3/c1-11(2)14-15(17)19-10-20-16(14)18-9-12(3)13-7-5-4-6-8-13/h4-8,10-12H,9H2,1-3H3,(H,18,19,20). The van der Waals surface area contributed by atoms with Gasteiger partial charge in [0.15, 0.2) is 0 Å². The number of benzene rings is 1. The summed E-state index contributed by atoms with van der Waals surface area (Å²) in [5.74, 6) is 1.53. The maximum atomic E-state index is 6.17. The Labute approximate surface area is 125 Å². The lowest BCUT2D eigenvalue weighted by Crippen LogP contribution is -2.13. The van der Waals surface area contributed by atoms with E-state index in [1.807, 2.05) is 6.07 Å². The molecule has 1 aromatic carbocycles. The molecular formula is C16H20ClN3. The number of nitrogens with one attached hydrogen (secondary N) is 1. The van der Waals surface area contributed by atoms with Crippen molar-refractivity contribution in [3.05, 3.63) is 52.9 Å². The lowest BCUT2D eigenvalue weighted by molar-refractivity contribution is 0.789. The summed E-state index contributed by atoms with van der Waals surface area (Å²) >= 11 is 6.17. The number of aromatic nitrogens is 2. The fourth-order valence-electron chi connectivity index (χ4n) is 2.18. The lowest BCUT2D eigenvalue weighted by Gasteiger charge is -2.17. The summed E-state index contributed by atoms with van der Waals surface area (Å²) < 4.78 is 0. The SMILES string of the molecule is CC(C)c1c(Cl)ncnc1NCC(C)c1ccccc1. The van der Waals surface area contributed by atoms with Gasteiger partial charge in [0.05, 0.1) is 0 Å². The number of nitrogens with zero attached hydrogens (tertiary/aromatic N) is 2. The minimum Gasteiger partial charge on any atom is -0.369 e. The molecule has 0 saturated heterocycles. The van der Waals surface area contributed by atoms with Crippen molar-refractivity contribution < 1.29 is 0 Å². The molecule has 1 aromatic heterocycles. The van der Waals surface area contributed by atoms with Gasteiger partial charge in [0, 0.05) is 12.1 Å². The Hall–Kier alpha value is -1.61. The molecule has 3 nitrogen and oxygen atoms in total. The van der Waals surface area contributed by atoms with E-state index >= 15 is 0 Å². The quantitative estimate of drug-likeness (QED) is 0.825. The Morgan fingerprint density at radius 3 is 2.45 bits per heavy atom. The highest BCUT2D eigenvalue weighted by molar-refractivity contribution is 6.30. The molecular weight excluding hydrogens is 270 g/mol. The molecule has 2 rings (SSSR count). The monoisotopic (exact) mass is 289 g/mol. The van der Waals surface area contributed by atoms with Crippen molar-refractivity contribution in [1.82, 2.24) is 9.97 Å². The summed E-state index contributed by atoms with van der Waals surface area (Å²) in [6, 6.07) is 10.4. The fraction of sp³-hybridized carbons (Fsp3) is 0.375. The summed E-state index contributed by atoms with van der Waals surface area (Å²) in [6.45, 7) is 7.20. The Kier molecular flexibility index (Phi) is 4.96. The van der Waals surface area contributed by atoms with Crippen LogP contribution in [0.5, 0.6) is 0 Å². The second-order valence-corrected chi connectivity index (χ2v) is 5.63. The third kappa shape index (κ3) is 3.48. The van der Waals surface area contributed by atoms with Crippen LogP contribution in [0.2, 0.25) is 5.15 Å². The zero-order chi connectivity index (χ0) is 14.5. The minimum atomic E-state index is 0.290. The summed E-state index contributed by atoms with van der Waals surface area (Å²) in [5.41, 5.74) is 2.29. The topological polar surface area (TPSA) is 37.8 Å². The van der Waals surface area contributed by atoms with Crippen molar-refractivity contribution >= 4 is 17.4 Å². The summed E-state index contributed by atoms with van der Waals surface area (Å²) in [7, 11) is 0. The number of hydrogen-bond donors (Lipinski definition) is 1. The van der Waals surface area contributed by atoms with Crippen molar-refractivity contribution in [1.29, 1.82) is 0 Å². The van der Waals surface area contributed by atoms with E-state index in [9.17, 15) is 0 Å². The molecule has 4 heteroatoms. The predicted molar refractivity (Wildman–Crippen MR) is 84.5 cm³/mol. The first-order chi connectivity index (χ1) is 9.59. The van der Waals surface area contributed by atoms with Crippen LogP contribution in [0.1, 0.15) is 43.7 Å². The van der Waals surface area contributed by atoms with Crippen LogP contribution in [0, 0.1) is 0 Å². The van der Waals surface area contributed by atoms with Gasteiger partial charge in [-0.2, -0.15) is 0 Å². The molecule has 1 heterocycles. The van der Waals surface area contributed by atoms with Crippen LogP contribution < -0.4 is 5.32 Å². The van der Waals surface area contributed by atoms with E-state index < -0.39 is 0 Å². The normalized spacial score (nSPS) is 12.4. The van der Waals surface area contributed by atoms with Crippen LogP contribution in [0.3, 0.4) is 0 Å². The van der Waals surface area contributed by atoms with Gasteiger partial charge in [0.25, 0.3) is 0 Å². The second kappa shape index (κ2) is 6.71. The van der Waals surface area contributed by atoms with Gasteiger partial charge >= 0.3 is 0 Å². The molecule has 0 amide bonds. The van der Waals surface area contributed by atoms with E-state index in [0.29, 0.717) is 17.0 Å². The Balaban J connectivity index is 2.10. The highest BCUT2D eigenvalue weighted by Gasteiger charge is 2.14. The average molecular weight is 290 g/mol. The zero-order valence-corrected chi connectivity index (χ0v) is 12.9. The zero-order valence-electron chi connectivity index (χ0n) is 12.1. The van der Waals surface area contributed by atoms with Crippen LogP contribution in [0.4, 0.5) is 5.82 Å². The highest BCUT2D eigenvalue weighted by atomic mass is 35.5. The molecule has 0 aliphatic carbocycles. The van der Waals surface area contributed by atoms with E-state index in [-0.39, 0.29) is 0 Å². The van der Waals surface area contributed by atoms with Crippen molar-refractivity contribution in [2.24, 2.45) is 0 Å². The maximum absolute atomic E-state index is 6.17. The highest BCUT2D eigenvalue weighted by Crippen LogP contribution is 2.28. The number of anilines is 1. The largest absolute Gasteiger partial charge is 0.369 e. The Morgan fingerprint density at radius 2 is 1.80 bits per heavy atom. The van der Waals surface area contributed by atoms with Crippen LogP contribution in [0.15, 0.2) is 36.7 Å². The number of rotatable bonds is 5. The van der Waals surface area contributed by atoms with E-state index in [1.54, 1.807) is 0 Å². The summed E-state index contributed by atoms with van der Waals surface area (Å²) in [5, 5.41) is 3.93. The predicted octanol–water partition coefficient (Wildman–Crippen LogP) is 4.47. The van der Waals surface area contributed by atoms with Crippen LogP contribution in [0.25, 0.3) is 0 Å². The molecule has 0 aliphatic heterocycles. The van der Waals surface area contributed by atoms with Crippen LogP contribution in [-0.2, 0) is 0 Å². The molecule has 106 valence electrons.